The van der Waals surface area contributed by atoms with Gasteiger partial charge in [0.15, 0.2) is 0 Å². The zero-order valence-electron chi connectivity index (χ0n) is 11.9. The minimum absolute atomic E-state index is 0.0655. The first kappa shape index (κ1) is 13.9. The number of hydrogen-bond donors (Lipinski definition) is 1. The molecule has 104 valence electrons. The standard InChI is InChI=1S/C15H22N2O2/c1-11-8-12(19-3)4-5-13(11)14(18)17-7-6-15(2,9-16)10-17/h4-5,8H,6-7,9-10,16H2,1-3H3. The zero-order valence-corrected chi connectivity index (χ0v) is 11.9. The second kappa shape index (κ2) is 5.21. The largest absolute Gasteiger partial charge is 0.497 e. The normalized spacial score (nSPS) is 22.6. The molecule has 0 saturated carbocycles. The number of methoxy groups -OCH3 is 1. The summed E-state index contributed by atoms with van der Waals surface area (Å²) in [6.45, 7) is 6.24. The predicted molar refractivity (Wildman–Crippen MR) is 75.4 cm³/mol. The van der Waals surface area contributed by atoms with Crippen LogP contribution < -0.4 is 10.5 Å². The Morgan fingerprint density at radius 1 is 1.53 bits per heavy atom. The first-order valence-corrected chi connectivity index (χ1v) is 6.63. The van der Waals surface area contributed by atoms with E-state index < -0.39 is 0 Å². The van der Waals surface area contributed by atoms with E-state index in [4.69, 9.17) is 10.5 Å². The van der Waals surface area contributed by atoms with E-state index in [1.807, 2.05) is 30.0 Å². The Labute approximate surface area is 114 Å². The third-order valence-corrected chi connectivity index (χ3v) is 4.00. The number of ether oxygens (including phenoxy) is 1. The summed E-state index contributed by atoms with van der Waals surface area (Å²) in [5.74, 6) is 0.875. The Hall–Kier alpha value is -1.55. The highest BCUT2D eigenvalue weighted by Crippen LogP contribution is 2.30. The molecule has 1 amide bonds. The number of nitrogens with zero attached hydrogens (tertiary/aromatic N) is 1. The number of hydrogen-bond acceptors (Lipinski definition) is 3. The third kappa shape index (κ3) is 2.73. The van der Waals surface area contributed by atoms with Crippen molar-refractivity contribution in [2.75, 3.05) is 26.7 Å². The molecule has 1 saturated heterocycles. The van der Waals surface area contributed by atoms with Crippen LogP contribution in [0.15, 0.2) is 18.2 Å². The van der Waals surface area contributed by atoms with Crippen molar-refractivity contribution < 1.29 is 9.53 Å². The molecule has 2 N–H and O–H groups in total. The van der Waals surface area contributed by atoms with Crippen molar-refractivity contribution in [3.05, 3.63) is 29.3 Å². The summed E-state index contributed by atoms with van der Waals surface area (Å²) in [5, 5.41) is 0. The molecule has 1 aliphatic rings. The summed E-state index contributed by atoms with van der Waals surface area (Å²) >= 11 is 0. The zero-order chi connectivity index (χ0) is 14.0. The number of amides is 1. The summed E-state index contributed by atoms with van der Waals surface area (Å²) < 4.78 is 5.16. The monoisotopic (exact) mass is 262 g/mol. The van der Waals surface area contributed by atoms with Crippen LogP contribution in [0, 0.1) is 12.3 Å². The number of nitrogens with two attached hydrogens (primary N) is 1. The molecule has 4 heteroatoms. The van der Waals surface area contributed by atoms with Gasteiger partial charge in [-0.2, -0.15) is 0 Å². The van der Waals surface area contributed by atoms with Crippen molar-refractivity contribution in [2.24, 2.45) is 11.1 Å². The molecule has 0 bridgehead atoms. The van der Waals surface area contributed by atoms with Crippen LogP contribution in [0.1, 0.15) is 29.3 Å². The number of carbonyl (C=O) groups is 1. The highest BCUT2D eigenvalue weighted by Gasteiger charge is 2.35. The van der Waals surface area contributed by atoms with E-state index in [0.717, 1.165) is 36.4 Å². The fourth-order valence-electron chi connectivity index (χ4n) is 2.54. The lowest BCUT2D eigenvalue weighted by molar-refractivity contribution is 0.0776. The maximum absolute atomic E-state index is 12.5. The van der Waals surface area contributed by atoms with Crippen LogP contribution >= 0.6 is 0 Å². The van der Waals surface area contributed by atoms with Gasteiger partial charge in [0.1, 0.15) is 5.75 Å². The molecule has 0 radical (unpaired) electrons. The molecular weight excluding hydrogens is 240 g/mol. The number of carbonyl (C=O) groups excluding carboxylic acids is 1. The van der Waals surface area contributed by atoms with Crippen LogP contribution in [0.2, 0.25) is 0 Å². The highest BCUT2D eigenvalue weighted by atomic mass is 16.5. The van der Waals surface area contributed by atoms with Crippen molar-refractivity contribution in [3.63, 3.8) is 0 Å². The minimum Gasteiger partial charge on any atom is -0.497 e. The van der Waals surface area contributed by atoms with E-state index in [-0.39, 0.29) is 11.3 Å². The van der Waals surface area contributed by atoms with E-state index in [0.29, 0.717) is 6.54 Å². The molecule has 1 atom stereocenters. The SMILES string of the molecule is COc1ccc(C(=O)N2CCC(C)(CN)C2)c(C)c1. The maximum Gasteiger partial charge on any atom is 0.254 e. The van der Waals surface area contributed by atoms with Crippen molar-refractivity contribution in [3.8, 4) is 5.75 Å². The lowest BCUT2D eigenvalue weighted by Crippen LogP contribution is -2.34. The average Bonchev–Trinajstić information content (AvgIpc) is 2.81. The third-order valence-electron chi connectivity index (χ3n) is 4.00. The summed E-state index contributed by atoms with van der Waals surface area (Å²) in [7, 11) is 1.63. The summed E-state index contributed by atoms with van der Waals surface area (Å²) in [6.07, 6.45) is 0.977. The van der Waals surface area contributed by atoms with Gasteiger partial charge in [0, 0.05) is 18.7 Å². The van der Waals surface area contributed by atoms with Crippen molar-refractivity contribution >= 4 is 5.91 Å². The number of rotatable bonds is 3. The topological polar surface area (TPSA) is 55.6 Å². The molecule has 2 rings (SSSR count). The Bertz CT molecular complexity index is 487. The van der Waals surface area contributed by atoms with Crippen molar-refractivity contribution in [1.82, 2.24) is 4.90 Å². The van der Waals surface area contributed by atoms with Crippen LogP contribution in [0.5, 0.6) is 5.75 Å². The van der Waals surface area contributed by atoms with Crippen LogP contribution in [-0.2, 0) is 0 Å². The molecule has 1 aliphatic heterocycles. The molecule has 1 fully saturated rings. The van der Waals surface area contributed by atoms with Crippen LogP contribution in [0.25, 0.3) is 0 Å². The average molecular weight is 262 g/mol. The van der Waals surface area contributed by atoms with Crippen LogP contribution in [0.4, 0.5) is 0 Å². The van der Waals surface area contributed by atoms with Gasteiger partial charge in [-0.3, -0.25) is 4.79 Å². The molecule has 0 aromatic heterocycles. The van der Waals surface area contributed by atoms with Crippen LogP contribution in [-0.4, -0.2) is 37.6 Å². The number of aryl methyl sites for hydroxylation is 1. The smallest absolute Gasteiger partial charge is 0.254 e. The van der Waals surface area contributed by atoms with Crippen molar-refractivity contribution in [2.45, 2.75) is 20.3 Å². The molecule has 19 heavy (non-hydrogen) atoms. The fraction of sp³-hybridized carbons (Fsp3) is 0.533. The first-order chi connectivity index (χ1) is 8.99. The van der Waals surface area contributed by atoms with Crippen LogP contribution in [0.3, 0.4) is 0 Å². The van der Waals surface area contributed by atoms with Gasteiger partial charge < -0.3 is 15.4 Å². The number of benzene rings is 1. The summed E-state index contributed by atoms with van der Waals surface area (Å²) in [4.78, 5) is 14.4. The van der Waals surface area contributed by atoms with E-state index in [9.17, 15) is 4.79 Å². The highest BCUT2D eigenvalue weighted by molar-refractivity contribution is 5.96. The fourth-order valence-corrected chi connectivity index (χ4v) is 2.54. The molecule has 4 nitrogen and oxygen atoms in total. The Morgan fingerprint density at radius 2 is 2.26 bits per heavy atom. The van der Waals surface area contributed by atoms with Gasteiger partial charge in [0.2, 0.25) is 0 Å². The second-order valence-electron chi connectivity index (χ2n) is 5.67. The molecular formula is C15H22N2O2. The quantitative estimate of drug-likeness (QED) is 0.904. The molecule has 1 heterocycles. The van der Waals surface area contributed by atoms with E-state index in [1.165, 1.54) is 0 Å². The van der Waals surface area contributed by atoms with Gasteiger partial charge in [-0.25, -0.2) is 0 Å². The molecule has 1 aromatic rings. The Kier molecular flexibility index (Phi) is 3.80. The molecule has 1 aromatic carbocycles. The van der Waals surface area contributed by atoms with E-state index in [1.54, 1.807) is 7.11 Å². The predicted octanol–water partition coefficient (Wildman–Crippen LogP) is 1.81. The van der Waals surface area contributed by atoms with Gasteiger partial charge in [0.05, 0.1) is 7.11 Å². The molecule has 0 spiro atoms. The lowest BCUT2D eigenvalue weighted by Gasteiger charge is -2.23. The molecule has 1 unspecified atom stereocenters. The second-order valence-corrected chi connectivity index (χ2v) is 5.67. The van der Waals surface area contributed by atoms with Gasteiger partial charge in [-0.1, -0.05) is 6.92 Å². The summed E-state index contributed by atoms with van der Waals surface area (Å²) in [5.41, 5.74) is 7.55. The van der Waals surface area contributed by atoms with E-state index in [2.05, 4.69) is 6.92 Å². The van der Waals surface area contributed by atoms with Gasteiger partial charge in [0.25, 0.3) is 5.91 Å². The lowest BCUT2D eigenvalue weighted by atomic mass is 9.90. The molecule has 0 aliphatic carbocycles. The minimum atomic E-state index is 0.0655. The summed E-state index contributed by atoms with van der Waals surface area (Å²) in [6, 6.07) is 5.57. The maximum atomic E-state index is 12.5. The van der Waals surface area contributed by atoms with Gasteiger partial charge >= 0.3 is 0 Å². The van der Waals surface area contributed by atoms with Gasteiger partial charge in [-0.15, -0.1) is 0 Å². The van der Waals surface area contributed by atoms with Crippen molar-refractivity contribution in [1.29, 1.82) is 0 Å². The number of likely N-dealkylation sites (tertiary alicyclic amines) is 1. The van der Waals surface area contributed by atoms with E-state index >= 15 is 0 Å². The Balaban J connectivity index is 2.17. The Morgan fingerprint density at radius 3 is 2.79 bits per heavy atom. The first-order valence-electron chi connectivity index (χ1n) is 6.63. The van der Waals surface area contributed by atoms with Gasteiger partial charge in [-0.05, 0) is 49.1 Å².